The predicted molar refractivity (Wildman–Crippen MR) is 132 cm³/mol. The van der Waals surface area contributed by atoms with Gasteiger partial charge in [0.25, 0.3) is 0 Å². The third kappa shape index (κ3) is 7.19. The van der Waals surface area contributed by atoms with Crippen molar-refractivity contribution in [2.24, 2.45) is 5.92 Å². The molecule has 0 spiro atoms. The molecule has 0 saturated carbocycles. The van der Waals surface area contributed by atoms with Crippen molar-refractivity contribution in [3.8, 4) is 0 Å². The molecule has 0 aromatic heterocycles. The number of carboxylic acid groups (broad SMARTS) is 1. The maximum atomic E-state index is 13.6. The zero-order valence-corrected chi connectivity index (χ0v) is 21.6. The highest BCUT2D eigenvalue weighted by Crippen LogP contribution is 2.36. The Morgan fingerprint density at radius 1 is 1.06 bits per heavy atom. The molecule has 194 valence electrons. The van der Waals surface area contributed by atoms with E-state index in [2.05, 4.69) is 10.6 Å². The van der Waals surface area contributed by atoms with Gasteiger partial charge >= 0.3 is 12.1 Å². The van der Waals surface area contributed by atoms with Crippen LogP contribution in [0.2, 0.25) is 0 Å². The van der Waals surface area contributed by atoms with Gasteiger partial charge < -0.3 is 25.4 Å². The van der Waals surface area contributed by atoms with E-state index in [1.165, 1.54) is 6.92 Å². The molecule has 2 rings (SSSR count). The Labute approximate surface area is 207 Å². The lowest BCUT2D eigenvalue weighted by molar-refractivity contribution is -0.143. The van der Waals surface area contributed by atoms with Crippen LogP contribution >= 0.6 is 0 Å². The molecule has 1 aromatic rings. The second kappa shape index (κ2) is 11.6. The van der Waals surface area contributed by atoms with Crippen molar-refractivity contribution in [2.75, 3.05) is 13.1 Å². The van der Waals surface area contributed by atoms with Gasteiger partial charge in [-0.1, -0.05) is 50.6 Å². The highest BCUT2D eigenvalue weighted by molar-refractivity contribution is 5.94. The predicted octanol–water partition coefficient (Wildman–Crippen LogP) is 3.08. The summed E-state index contributed by atoms with van der Waals surface area (Å²) < 4.78 is 5.48. The van der Waals surface area contributed by atoms with Crippen LogP contribution in [0.15, 0.2) is 30.3 Å². The molecule has 1 aliphatic heterocycles. The molecule has 0 radical (unpaired) electrons. The van der Waals surface area contributed by atoms with Gasteiger partial charge in [0.2, 0.25) is 11.8 Å². The zero-order valence-electron chi connectivity index (χ0n) is 21.6. The number of nitrogens with zero attached hydrogens (tertiary/aromatic N) is 1. The number of piperidine rings is 1. The van der Waals surface area contributed by atoms with Gasteiger partial charge in [-0.25, -0.2) is 9.59 Å². The molecule has 1 heterocycles. The SMILES string of the molecule is CC[C@H](C)[C@H](NC(=O)[C@@H](C)NC(=O)C1(c2ccccc2)CCN(C(=O)OC(C)(C)C)CC1)C(=O)O. The summed E-state index contributed by atoms with van der Waals surface area (Å²) in [6.45, 7) is 11.2. The first-order valence-electron chi connectivity index (χ1n) is 12.2. The summed E-state index contributed by atoms with van der Waals surface area (Å²) >= 11 is 0. The smallest absolute Gasteiger partial charge is 0.410 e. The number of amides is 3. The second-order valence-electron chi connectivity index (χ2n) is 10.3. The number of rotatable bonds is 8. The van der Waals surface area contributed by atoms with Crippen LogP contribution in [0.3, 0.4) is 0 Å². The molecule has 3 N–H and O–H groups in total. The van der Waals surface area contributed by atoms with Crippen molar-refractivity contribution < 1.29 is 29.0 Å². The third-order valence-electron chi connectivity index (χ3n) is 6.55. The quantitative estimate of drug-likeness (QED) is 0.515. The number of aliphatic carboxylic acids is 1. The van der Waals surface area contributed by atoms with Crippen LogP contribution in [-0.4, -0.2) is 64.7 Å². The number of benzene rings is 1. The van der Waals surface area contributed by atoms with Crippen LogP contribution in [0.25, 0.3) is 0 Å². The second-order valence-corrected chi connectivity index (χ2v) is 10.3. The molecule has 0 aliphatic carbocycles. The fraction of sp³-hybridized carbons (Fsp3) is 0.615. The van der Waals surface area contributed by atoms with Gasteiger partial charge in [-0.2, -0.15) is 0 Å². The molecular formula is C26H39N3O6. The van der Waals surface area contributed by atoms with Gasteiger partial charge in [-0.15, -0.1) is 0 Å². The van der Waals surface area contributed by atoms with Crippen LogP contribution in [0.1, 0.15) is 66.4 Å². The first-order valence-corrected chi connectivity index (χ1v) is 12.2. The van der Waals surface area contributed by atoms with Crippen molar-refractivity contribution >= 4 is 23.9 Å². The van der Waals surface area contributed by atoms with E-state index in [-0.39, 0.29) is 11.8 Å². The number of likely N-dealkylation sites (tertiary alicyclic amines) is 1. The van der Waals surface area contributed by atoms with E-state index < -0.39 is 41.1 Å². The number of carboxylic acids is 1. The summed E-state index contributed by atoms with van der Waals surface area (Å²) in [7, 11) is 0. The fourth-order valence-corrected chi connectivity index (χ4v) is 4.16. The van der Waals surface area contributed by atoms with Gasteiger partial charge in [-0.05, 0) is 52.0 Å². The first kappa shape index (κ1) is 28.1. The summed E-state index contributed by atoms with van der Waals surface area (Å²) in [5, 5.41) is 14.8. The van der Waals surface area contributed by atoms with Crippen molar-refractivity contribution in [3.63, 3.8) is 0 Å². The van der Waals surface area contributed by atoms with Gasteiger partial charge in [0.1, 0.15) is 17.7 Å². The Morgan fingerprint density at radius 2 is 1.63 bits per heavy atom. The van der Waals surface area contributed by atoms with Crippen LogP contribution in [0.5, 0.6) is 0 Å². The summed E-state index contributed by atoms with van der Waals surface area (Å²) in [5.74, 6) is -2.25. The monoisotopic (exact) mass is 489 g/mol. The third-order valence-corrected chi connectivity index (χ3v) is 6.55. The molecule has 1 saturated heterocycles. The van der Waals surface area contributed by atoms with E-state index in [1.807, 2.05) is 37.3 Å². The zero-order chi connectivity index (χ0) is 26.4. The lowest BCUT2D eigenvalue weighted by Gasteiger charge is -2.41. The highest BCUT2D eigenvalue weighted by Gasteiger charge is 2.45. The summed E-state index contributed by atoms with van der Waals surface area (Å²) in [6, 6.07) is 7.34. The molecule has 1 fully saturated rings. The van der Waals surface area contributed by atoms with Gasteiger partial charge in [-0.3, -0.25) is 9.59 Å². The minimum atomic E-state index is -1.11. The Bertz CT molecular complexity index is 903. The number of nitrogens with one attached hydrogen (secondary N) is 2. The maximum Gasteiger partial charge on any atom is 0.410 e. The molecule has 9 heteroatoms. The average molecular weight is 490 g/mol. The van der Waals surface area contributed by atoms with E-state index in [1.54, 1.807) is 32.6 Å². The largest absolute Gasteiger partial charge is 0.480 e. The van der Waals surface area contributed by atoms with Crippen molar-refractivity contribution in [1.29, 1.82) is 0 Å². The van der Waals surface area contributed by atoms with Gasteiger partial charge in [0.15, 0.2) is 0 Å². The molecule has 3 amide bonds. The molecule has 1 aromatic carbocycles. The standard InChI is InChI=1S/C26H39N3O6/c1-7-17(2)20(22(31)32)28-21(30)18(3)27-23(33)26(19-11-9-8-10-12-19)13-15-29(16-14-26)24(34)35-25(4,5)6/h8-12,17-18,20H,7,13-16H2,1-6H3,(H,27,33)(H,28,30)(H,31,32)/t17-,18+,20-/m0/s1. The average Bonchev–Trinajstić information content (AvgIpc) is 2.81. The molecule has 3 atom stereocenters. The topological polar surface area (TPSA) is 125 Å². The van der Waals surface area contributed by atoms with Crippen molar-refractivity contribution in [2.45, 2.75) is 83.9 Å². The molecule has 0 bridgehead atoms. The molecule has 35 heavy (non-hydrogen) atoms. The molecule has 9 nitrogen and oxygen atoms in total. The van der Waals surface area contributed by atoms with Crippen molar-refractivity contribution in [3.05, 3.63) is 35.9 Å². The van der Waals surface area contributed by atoms with E-state index in [0.29, 0.717) is 32.4 Å². The lowest BCUT2D eigenvalue weighted by atomic mass is 9.72. The number of carbonyl (C=O) groups is 4. The number of carbonyl (C=O) groups excluding carboxylic acids is 3. The Morgan fingerprint density at radius 3 is 2.11 bits per heavy atom. The Hall–Kier alpha value is -3.10. The molecule has 1 aliphatic rings. The first-order chi connectivity index (χ1) is 16.3. The summed E-state index contributed by atoms with van der Waals surface area (Å²) in [5.41, 5.74) is -0.747. The van der Waals surface area contributed by atoms with Crippen LogP contribution in [0.4, 0.5) is 4.79 Å². The van der Waals surface area contributed by atoms with Crippen LogP contribution in [0, 0.1) is 5.92 Å². The fourth-order valence-electron chi connectivity index (χ4n) is 4.16. The Balaban J connectivity index is 2.18. The summed E-state index contributed by atoms with van der Waals surface area (Å²) in [6.07, 6.45) is 0.891. The van der Waals surface area contributed by atoms with E-state index >= 15 is 0 Å². The van der Waals surface area contributed by atoms with Gasteiger partial charge in [0.05, 0.1) is 5.41 Å². The lowest BCUT2D eigenvalue weighted by Crippen LogP contribution is -2.58. The number of hydrogen-bond acceptors (Lipinski definition) is 5. The maximum absolute atomic E-state index is 13.6. The molecular weight excluding hydrogens is 450 g/mol. The van der Waals surface area contributed by atoms with Crippen LogP contribution in [-0.2, 0) is 24.5 Å². The van der Waals surface area contributed by atoms with E-state index in [9.17, 15) is 24.3 Å². The number of hydrogen-bond donors (Lipinski definition) is 3. The minimum Gasteiger partial charge on any atom is -0.480 e. The Kier molecular flexibility index (Phi) is 9.29. The normalized spacial score (nSPS) is 18.1. The minimum absolute atomic E-state index is 0.257. The van der Waals surface area contributed by atoms with Crippen molar-refractivity contribution in [1.82, 2.24) is 15.5 Å². The van der Waals surface area contributed by atoms with E-state index in [4.69, 9.17) is 4.74 Å². The highest BCUT2D eigenvalue weighted by atomic mass is 16.6. The van der Waals surface area contributed by atoms with Gasteiger partial charge in [0, 0.05) is 13.1 Å². The van der Waals surface area contributed by atoms with E-state index in [0.717, 1.165) is 5.56 Å². The van der Waals surface area contributed by atoms with Crippen LogP contribution < -0.4 is 10.6 Å². The summed E-state index contributed by atoms with van der Waals surface area (Å²) in [4.78, 5) is 52.1. The molecule has 0 unspecified atom stereocenters. The number of ether oxygens (including phenoxy) is 1.